The molecular formula is C16H13FN4O3. The van der Waals surface area contributed by atoms with E-state index < -0.39 is 29.7 Å². The van der Waals surface area contributed by atoms with Crippen molar-refractivity contribution in [3.8, 4) is 0 Å². The number of nitrogens with zero attached hydrogens (tertiary/aromatic N) is 4. The highest BCUT2D eigenvalue weighted by Gasteiger charge is 2.56. The third kappa shape index (κ3) is 1.89. The zero-order chi connectivity index (χ0) is 17.0. The number of imide groups is 1. The van der Waals surface area contributed by atoms with Gasteiger partial charge in [-0.3, -0.25) is 14.3 Å². The molecule has 24 heavy (non-hydrogen) atoms. The summed E-state index contributed by atoms with van der Waals surface area (Å²) in [5.41, 5.74) is 2.20. The van der Waals surface area contributed by atoms with Gasteiger partial charge in [0.25, 0.3) is 5.91 Å². The molecule has 1 aromatic heterocycles. The van der Waals surface area contributed by atoms with Gasteiger partial charge in [-0.1, -0.05) is 5.16 Å². The van der Waals surface area contributed by atoms with E-state index in [4.69, 9.17) is 4.84 Å². The lowest BCUT2D eigenvalue weighted by atomic mass is 9.94. The number of benzene rings is 1. The highest BCUT2D eigenvalue weighted by Crippen LogP contribution is 2.35. The van der Waals surface area contributed by atoms with E-state index in [9.17, 15) is 14.0 Å². The van der Waals surface area contributed by atoms with Crippen LogP contribution in [0.5, 0.6) is 0 Å². The standard InChI is InChI=1S/C16H13FN4O3/c1-8-11(7-18-20(8)2)13-12-14(24-19-13)16(23)21(15(12)22)10-5-3-9(17)4-6-10/h3-7,12,14H,1-2H3/t12-,14-/m0/s1. The Morgan fingerprint density at radius 3 is 2.50 bits per heavy atom. The number of aryl methyl sites for hydroxylation is 1. The zero-order valence-electron chi connectivity index (χ0n) is 12.9. The second-order valence-electron chi connectivity index (χ2n) is 5.74. The maximum Gasteiger partial charge on any atom is 0.278 e. The van der Waals surface area contributed by atoms with E-state index in [1.54, 1.807) is 17.9 Å². The van der Waals surface area contributed by atoms with Crippen LogP contribution in [0.2, 0.25) is 0 Å². The molecule has 2 atom stereocenters. The second-order valence-corrected chi connectivity index (χ2v) is 5.74. The fraction of sp³-hybridized carbons (Fsp3) is 0.250. The van der Waals surface area contributed by atoms with Crippen LogP contribution >= 0.6 is 0 Å². The van der Waals surface area contributed by atoms with E-state index in [1.165, 1.54) is 24.3 Å². The molecular weight excluding hydrogens is 315 g/mol. The Labute approximate surface area is 136 Å². The molecule has 8 heteroatoms. The van der Waals surface area contributed by atoms with Crippen LogP contribution in [-0.4, -0.2) is 33.4 Å². The van der Waals surface area contributed by atoms with Gasteiger partial charge < -0.3 is 4.84 Å². The third-order valence-corrected chi connectivity index (χ3v) is 4.41. The van der Waals surface area contributed by atoms with E-state index in [0.717, 1.165) is 10.6 Å². The van der Waals surface area contributed by atoms with Crippen LogP contribution in [0.15, 0.2) is 35.6 Å². The Bertz CT molecular complexity index is 887. The minimum atomic E-state index is -0.989. The first-order valence-electron chi connectivity index (χ1n) is 7.35. The number of amides is 2. The summed E-state index contributed by atoms with van der Waals surface area (Å²) in [6, 6.07) is 5.17. The van der Waals surface area contributed by atoms with Gasteiger partial charge in [-0.05, 0) is 31.2 Å². The van der Waals surface area contributed by atoms with Crippen LogP contribution in [0.3, 0.4) is 0 Å². The number of rotatable bonds is 2. The van der Waals surface area contributed by atoms with Crippen molar-refractivity contribution < 1.29 is 18.8 Å². The lowest BCUT2D eigenvalue weighted by Crippen LogP contribution is -2.33. The molecule has 1 fully saturated rings. The summed E-state index contributed by atoms with van der Waals surface area (Å²) in [5, 5.41) is 8.08. The number of carbonyl (C=O) groups excluding carboxylic acids is 2. The molecule has 2 aliphatic heterocycles. The van der Waals surface area contributed by atoms with Crippen LogP contribution in [0.4, 0.5) is 10.1 Å². The van der Waals surface area contributed by atoms with Gasteiger partial charge in [0.05, 0.1) is 11.9 Å². The Balaban J connectivity index is 1.72. The molecule has 1 aromatic carbocycles. The molecule has 4 rings (SSSR count). The van der Waals surface area contributed by atoms with Crippen LogP contribution in [0.25, 0.3) is 0 Å². The normalized spacial score (nSPS) is 22.6. The van der Waals surface area contributed by atoms with Crippen molar-refractivity contribution in [2.24, 2.45) is 18.1 Å². The molecule has 0 saturated carbocycles. The quantitative estimate of drug-likeness (QED) is 0.775. The summed E-state index contributed by atoms with van der Waals surface area (Å²) in [5.74, 6) is -2.19. The van der Waals surface area contributed by atoms with Crippen molar-refractivity contribution >= 4 is 23.2 Å². The number of aromatic nitrogens is 2. The minimum absolute atomic E-state index is 0.312. The van der Waals surface area contributed by atoms with Crippen molar-refractivity contribution in [1.29, 1.82) is 0 Å². The predicted molar refractivity (Wildman–Crippen MR) is 81.7 cm³/mol. The minimum Gasteiger partial charge on any atom is -0.381 e. The molecule has 0 aliphatic carbocycles. The average Bonchev–Trinajstić information content (AvgIpc) is 3.20. The molecule has 0 unspecified atom stereocenters. The van der Waals surface area contributed by atoms with Crippen LogP contribution in [0, 0.1) is 18.7 Å². The van der Waals surface area contributed by atoms with Gasteiger partial charge in [0.15, 0.2) is 0 Å². The lowest BCUT2D eigenvalue weighted by Gasteiger charge is -2.15. The summed E-state index contributed by atoms with van der Waals surface area (Å²) in [6.45, 7) is 1.84. The molecule has 0 N–H and O–H groups in total. The van der Waals surface area contributed by atoms with Gasteiger partial charge in [-0.15, -0.1) is 0 Å². The molecule has 3 heterocycles. The summed E-state index contributed by atoms with van der Waals surface area (Å²) in [6.07, 6.45) is 0.607. The maximum atomic E-state index is 13.1. The number of oxime groups is 1. The van der Waals surface area contributed by atoms with Crippen molar-refractivity contribution in [1.82, 2.24) is 9.78 Å². The molecule has 0 radical (unpaired) electrons. The smallest absolute Gasteiger partial charge is 0.278 e. The Kier molecular flexibility index (Phi) is 3.02. The molecule has 0 bridgehead atoms. The van der Waals surface area contributed by atoms with Gasteiger partial charge in [0.1, 0.15) is 17.4 Å². The first kappa shape index (κ1) is 14.6. The highest BCUT2D eigenvalue weighted by molar-refractivity contribution is 6.32. The van der Waals surface area contributed by atoms with E-state index in [-0.39, 0.29) is 0 Å². The average molecular weight is 328 g/mol. The fourth-order valence-electron chi connectivity index (χ4n) is 3.00. The van der Waals surface area contributed by atoms with Gasteiger partial charge in [-0.2, -0.15) is 5.10 Å². The van der Waals surface area contributed by atoms with E-state index >= 15 is 0 Å². The number of halogens is 1. The highest BCUT2D eigenvalue weighted by atomic mass is 19.1. The van der Waals surface area contributed by atoms with Crippen molar-refractivity contribution in [2.45, 2.75) is 13.0 Å². The van der Waals surface area contributed by atoms with Gasteiger partial charge >= 0.3 is 0 Å². The molecule has 0 spiro atoms. The Hall–Kier alpha value is -3.03. The van der Waals surface area contributed by atoms with Crippen molar-refractivity contribution in [3.63, 3.8) is 0 Å². The van der Waals surface area contributed by atoms with Crippen LogP contribution < -0.4 is 4.90 Å². The maximum absolute atomic E-state index is 13.1. The summed E-state index contributed by atoms with van der Waals surface area (Å²) < 4.78 is 14.7. The van der Waals surface area contributed by atoms with Crippen LogP contribution in [-0.2, 0) is 21.5 Å². The first-order valence-corrected chi connectivity index (χ1v) is 7.35. The SMILES string of the molecule is Cc1c(C2=NO[C@@H]3C(=O)N(c4ccc(F)cc4)C(=O)[C@@H]23)cnn1C. The molecule has 7 nitrogen and oxygen atoms in total. The fourth-order valence-corrected chi connectivity index (χ4v) is 3.00. The number of fused-ring (bicyclic) bond motifs is 1. The number of hydrogen-bond donors (Lipinski definition) is 0. The molecule has 122 valence electrons. The van der Waals surface area contributed by atoms with E-state index in [1.807, 2.05) is 6.92 Å². The summed E-state index contributed by atoms with van der Waals surface area (Å²) in [7, 11) is 1.78. The van der Waals surface area contributed by atoms with Gasteiger partial charge in [0, 0.05) is 18.3 Å². The molecule has 2 amide bonds. The monoisotopic (exact) mass is 328 g/mol. The topological polar surface area (TPSA) is 76.8 Å². The van der Waals surface area contributed by atoms with Crippen molar-refractivity contribution in [3.05, 3.63) is 47.5 Å². The van der Waals surface area contributed by atoms with Crippen molar-refractivity contribution in [2.75, 3.05) is 4.90 Å². The summed E-state index contributed by atoms with van der Waals surface area (Å²) in [4.78, 5) is 31.6. The van der Waals surface area contributed by atoms with E-state index in [2.05, 4.69) is 10.3 Å². The number of anilines is 1. The number of hydrogen-bond acceptors (Lipinski definition) is 5. The largest absolute Gasteiger partial charge is 0.381 e. The molecule has 2 aromatic rings. The lowest BCUT2D eigenvalue weighted by molar-refractivity contribution is -0.126. The van der Waals surface area contributed by atoms with E-state index in [0.29, 0.717) is 17.0 Å². The zero-order valence-corrected chi connectivity index (χ0v) is 12.9. The van der Waals surface area contributed by atoms with Crippen LogP contribution in [0.1, 0.15) is 11.3 Å². The van der Waals surface area contributed by atoms with Gasteiger partial charge in [-0.25, -0.2) is 9.29 Å². The summed E-state index contributed by atoms with van der Waals surface area (Å²) >= 11 is 0. The molecule has 1 saturated heterocycles. The predicted octanol–water partition coefficient (Wildman–Crippen LogP) is 1.16. The third-order valence-electron chi connectivity index (χ3n) is 4.41. The molecule has 2 aliphatic rings. The van der Waals surface area contributed by atoms with Gasteiger partial charge in [0.2, 0.25) is 12.0 Å². The first-order chi connectivity index (χ1) is 11.5. The Morgan fingerprint density at radius 2 is 1.88 bits per heavy atom. The second kappa shape index (κ2) is 4.98. The number of carbonyl (C=O) groups is 2. The Morgan fingerprint density at radius 1 is 1.17 bits per heavy atom.